The van der Waals surface area contributed by atoms with E-state index in [4.69, 9.17) is 0 Å². The molecule has 0 atom stereocenters. The fourth-order valence-corrected chi connectivity index (χ4v) is 6.55. The van der Waals surface area contributed by atoms with Crippen molar-refractivity contribution in [2.24, 2.45) is 0 Å². The average molecular weight is 597 g/mol. The minimum absolute atomic E-state index is 0.0450. The molecule has 12 heteroatoms. The number of carbonyl (C=O) groups is 6. The zero-order chi connectivity index (χ0) is 29.7. The van der Waals surface area contributed by atoms with Gasteiger partial charge in [0.05, 0.1) is 44.8 Å². The van der Waals surface area contributed by atoms with Gasteiger partial charge >= 0.3 is 11.9 Å². The molecular formula is C30H16N2O8S2. The zero-order valence-corrected chi connectivity index (χ0v) is 22.8. The van der Waals surface area contributed by atoms with Crippen molar-refractivity contribution in [1.82, 2.24) is 0 Å². The number of carboxylic acid groups (broad SMARTS) is 2. The molecular weight excluding hydrogens is 580 g/mol. The predicted octanol–water partition coefficient (Wildman–Crippen LogP) is 5.48. The smallest absolute Gasteiger partial charge is 0.335 e. The molecule has 4 aromatic rings. The molecule has 6 rings (SSSR count). The first-order chi connectivity index (χ1) is 20.1. The maximum Gasteiger partial charge on any atom is 0.335 e. The first kappa shape index (κ1) is 27.0. The monoisotopic (exact) mass is 596 g/mol. The van der Waals surface area contributed by atoms with E-state index in [-0.39, 0.29) is 33.4 Å². The van der Waals surface area contributed by atoms with Gasteiger partial charge in [-0.05, 0) is 84.9 Å². The number of hydrogen-bond donors (Lipinski definition) is 2. The number of amides is 4. The lowest BCUT2D eigenvalue weighted by Gasteiger charge is -2.15. The molecule has 0 spiro atoms. The number of anilines is 2. The highest BCUT2D eigenvalue weighted by atomic mass is 33.1. The largest absolute Gasteiger partial charge is 0.478 e. The van der Waals surface area contributed by atoms with Gasteiger partial charge in [-0.3, -0.25) is 19.2 Å². The molecule has 42 heavy (non-hydrogen) atoms. The van der Waals surface area contributed by atoms with Gasteiger partial charge in [0.15, 0.2) is 0 Å². The Morgan fingerprint density at radius 3 is 1.14 bits per heavy atom. The van der Waals surface area contributed by atoms with Crippen LogP contribution in [0.2, 0.25) is 0 Å². The van der Waals surface area contributed by atoms with E-state index in [1.165, 1.54) is 58.0 Å². The van der Waals surface area contributed by atoms with E-state index in [0.717, 1.165) is 19.6 Å². The molecule has 0 fully saturated rings. The zero-order valence-electron chi connectivity index (χ0n) is 21.1. The maximum atomic E-state index is 12.9. The van der Waals surface area contributed by atoms with Gasteiger partial charge in [0, 0.05) is 9.79 Å². The Labute approximate surface area is 245 Å². The lowest BCUT2D eigenvalue weighted by Crippen LogP contribution is -2.29. The van der Waals surface area contributed by atoms with E-state index in [1.807, 2.05) is 0 Å². The van der Waals surface area contributed by atoms with Gasteiger partial charge in [-0.1, -0.05) is 21.6 Å². The fraction of sp³-hybridized carbons (Fsp3) is 0. The number of nitrogens with zero attached hydrogens (tertiary/aromatic N) is 2. The molecule has 0 bridgehead atoms. The van der Waals surface area contributed by atoms with Crippen molar-refractivity contribution in [2.75, 3.05) is 9.80 Å². The normalized spacial score (nSPS) is 13.9. The summed E-state index contributed by atoms with van der Waals surface area (Å²) in [6.45, 7) is 0. The SMILES string of the molecule is O=C(O)c1ccc2c(c1)C(=O)N(c1ccc(SSc3ccc(N4C(=O)c5ccc(C(=O)O)cc5C4=O)cc3)cc1)C2=O. The van der Waals surface area contributed by atoms with Crippen molar-refractivity contribution in [2.45, 2.75) is 9.79 Å². The van der Waals surface area contributed by atoms with Gasteiger partial charge in [-0.25, -0.2) is 19.4 Å². The average Bonchev–Trinajstić information content (AvgIpc) is 3.40. The van der Waals surface area contributed by atoms with Crippen molar-refractivity contribution in [1.29, 1.82) is 0 Å². The third-order valence-corrected chi connectivity index (χ3v) is 9.11. The van der Waals surface area contributed by atoms with Crippen LogP contribution in [0.5, 0.6) is 0 Å². The molecule has 2 heterocycles. The summed E-state index contributed by atoms with van der Waals surface area (Å²) in [5.41, 5.74) is 0.939. The Morgan fingerprint density at radius 2 is 0.810 bits per heavy atom. The molecule has 206 valence electrons. The molecule has 0 unspecified atom stereocenters. The second kappa shape index (κ2) is 10.3. The Bertz CT molecular complexity index is 1730. The van der Waals surface area contributed by atoms with Crippen LogP contribution in [0.1, 0.15) is 62.1 Å². The van der Waals surface area contributed by atoms with Crippen molar-refractivity contribution < 1.29 is 39.0 Å². The first-order valence-electron chi connectivity index (χ1n) is 12.2. The van der Waals surface area contributed by atoms with Crippen LogP contribution < -0.4 is 9.80 Å². The maximum absolute atomic E-state index is 12.9. The molecule has 2 aliphatic rings. The van der Waals surface area contributed by atoms with Crippen molar-refractivity contribution in [3.63, 3.8) is 0 Å². The number of benzene rings is 4. The highest BCUT2D eigenvalue weighted by Crippen LogP contribution is 2.40. The highest BCUT2D eigenvalue weighted by molar-refractivity contribution is 8.76. The first-order valence-corrected chi connectivity index (χ1v) is 14.4. The Kier molecular flexibility index (Phi) is 6.64. The molecule has 0 aliphatic carbocycles. The summed E-state index contributed by atoms with van der Waals surface area (Å²) < 4.78 is 0. The van der Waals surface area contributed by atoms with E-state index in [1.54, 1.807) is 48.5 Å². The Hall–Kier alpha value is -5.20. The van der Waals surface area contributed by atoms with Crippen LogP contribution in [0, 0.1) is 0 Å². The summed E-state index contributed by atoms with van der Waals surface area (Å²) in [5, 5.41) is 18.4. The second-order valence-electron chi connectivity index (χ2n) is 9.18. The van der Waals surface area contributed by atoms with Crippen LogP contribution >= 0.6 is 21.6 Å². The summed E-state index contributed by atoms with van der Waals surface area (Å²) >= 11 is 0. The van der Waals surface area contributed by atoms with Crippen LogP contribution in [0.4, 0.5) is 11.4 Å². The standard InChI is InChI=1S/C30H16N2O8S2/c33-25-21-11-1-15(29(37)38)13-23(21)27(35)31(25)17-3-7-19(8-4-17)41-42-20-9-5-18(6-10-20)32-26(34)22-12-2-16(30(39)40)14-24(22)28(32)36/h1-14H,(H,37,38)(H,39,40). The molecule has 0 aromatic heterocycles. The van der Waals surface area contributed by atoms with Gasteiger partial charge in [0.2, 0.25) is 0 Å². The number of fused-ring (bicyclic) bond motifs is 2. The predicted molar refractivity (Wildman–Crippen MR) is 154 cm³/mol. The lowest BCUT2D eigenvalue weighted by molar-refractivity contribution is 0.0686. The lowest BCUT2D eigenvalue weighted by atomic mass is 10.1. The molecule has 4 amide bonds. The molecule has 2 aliphatic heterocycles. The minimum Gasteiger partial charge on any atom is -0.478 e. The number of imide groups is 2. The highest BCUT2D eigenvalue weighted by Gasteiger charge is 2.38. The number of rotatable bonds is 7. The van der Waals surface area contributed by atoms with Crippen LogP contribution in [0.15, 0.2) is 94.7 Å². The second-order valence-corrected chi connectivity index (χ2v) is 11.5. The van der Waals surface area contributed by atoms with Gasteiger partial charge in [0.1, 0.15) is 0 Å². The van der Waals surface area contributed by atoms with Crippen molar-refractivity contribution in [3.05, 3.63) is 118 Å². The van der Waals surface area contributed by atoms with Gasteiger partial charge in [-0.15, -0.1) is 0 Å². The number of aromatic carboxylic acids is 2. The number of carboxylic acids is 2. The van der Waals surface area contributed by atoms with Gasteiger partial charge in [0.25, 0.3) is 23.6 Å². The third kappa shape index (κ3) is 4.52. The van der Waals surface area contributed by atoms with Crippen LogP contribution in [0.3, 0.4) is 0 Å². The summed E-state index contributed by atoms with van der Waals surface area (Å²) in [6.07, 6.45) is 0. The Morgan fingerprint density at radius 1 is 0.476 bits per heavy atom. The molecule has 4 aromatic carbocycles. The van der Waals surface area contributed by atoms with Crippen molar-refractivity contribution in [3.8, 4) is 0 Å². The van der Waals surface area contributed by atoms with Crippen LogP contribution in [-0.2, 0) is 0 Å². The summed E-state index contributed by atoms with van der Waals surface area (Å²) in [4.78, 5) is 77.6. The fourth-order valence-electron chi connectivity index (χ4n) is 4.61. The molecule has 10 nitrogen and oxygen atoms in total. The van der Waals surface area contributed by atoms with E-state index < -0.39 is 35.6 Å². The molecule has 0 saturated heterocycles. The molecule has 0 radical (unpaired) electrons. The Balaban J connectivity index is 1.12. The third-order valence-electron chi connectivity index (χ3n) is 6.69. The summed E-state index contributed by atoms with van der Waals surface area (Å²) in [7, 11) is 2.82. The molecule has 0 saturated carbocycles. The number of hydrogen-bond acceptors (Lipinski definition) is 8. The van der Waals surface area contributed by atoms with Gasteiger partial charge in [-0.2, -0.15) is 0 Å². The summed E-state index contributed by atoms with van der Waals surface area (Å²) in [6, 6.07) is 21.2. The number of carbonyl (C=O) groups excluding carboxylic acids is 4. The molecule has 2 N–H and O–H groups in total. The minimum atomic E-state index is -1.19. The summed E-state index contributed by atoms with van der Waals surface area (Å²) in [5.74, 6) is -4.61. The van der Waals surface area contributed by atoms with E-state index in [2.05, 4.69) is 0 Å². The van der Waals surface area contributed by atoms with E-state index >= 15 is 0 Å². The van der Waals surface area contributed by atoms with Gasteiger partial charge < -0.3 is 10.2 Å². The van der Waals surface area contributed by atoms with E-state index in [0.29, 0.717) is 11.4 Å². The van der Waals surface area contributed by atoms with Crippen LogP contribution in [-0.4, -0.2) is 45.8 Å². The van der Waals surface area contributed by atoms with E-state index in [9.17, 15) is 39.0 Å². The van der Waals surface area contributed by atoms with Crippen molar-refractivity contribution >= 4 is 68.5 Å². The van der Waals surface area contributed by atoms with Crippen LogP contribution in [0.25, 0.3) is 0 Å². The topological polar surface area (TPSA) is 149 Å². The quantitative estimate of drug-likeness (QED) is 0.207.